The first kappa shape index (κ1) is 24.0. The minimum Gasteiger partial charge on any atom is -0.383 e. The van der Waals surface area contributed by atoms with Crippen molar-refractivity contribution < 1.29 is 23.0 Å². The molecule has 0 saturated carbocycles. The summed E-state index contributed by atoms with van der Waals surface area (Å²) in [6.07, 6.45) is 6.85. The molecule has 2 rings (SSSR count). The zero-order valence-corrected chi connectivity index (χ0v) is 18.5. The number of sulfone groups is 1. The van der Waals surface area contributed by atoms with Crippen molar-refractivity contribution in [1.82, 2.24) is 9.80 Å². The summed E-state index contributed by atoms with van der Waals surface area (Å²) in [5, 5.41) is 10.2. The Balaban J connectivity index is 1.56. The Morgan fingerprint density at radius 1 is 1.07 bits per heavy atom. The van der Waals surface area contributed by atoms with Crippen LogP contribution in [0.1, 0.15) is 38.5 Å². The predicted molar refractivity (Wildman–Crippen MR) is 111 cm³/mol. The summed E-state index contributed by atoms with van der Waals surface area (Å²) in [4.78, 5) is 4.66. The molecule has 1 N–H and O–H groups in total. The first-order chi connectivity index (χ1) is 13.4. The Bertz CT molecular complexity index is 523. The molecular weight excluding hydrogens is 380 g/mol. The third-order valence-corrected chi connectivity index (χ3v) is 6.97. The SMILES string of the molecule is COCCN1CCC(CCC(O)OCC2CCCN(CCS(C)(=O)=O)C2)CC1. The maximum Gasteiger partial charge on any atom is 0.154 e. The number of methoxy groups -OCH3 is 1. The standard InChI is InChI=1S/C20H40N2O5S/c1-26-14-12-21-10-7-18(8-11-21)5-6-20(23)27-17-19-4-3-9-22(16-19)13-15-28(2,24)25/h18-20,23H,3-17H2,1-2H3. The maximum absolute atomic E-state index is 11.3. The van der Waals surface area contributed by atoms with Crippen LogP contribution in [0.3, 0.4) is 0 Å². The maximum atomic E-state index is 11.3. The monoisotopic (exact) mass is 420 g/mol. The normalized spacial score (nSPS) is 24.5. The molecule has 2 aliphatic rings. The van der Waals surface area contributed by atoms with Gasteiger partial charge in [0, 0.05) is 33.0 Å². The van der Waals surface area contributed by atoms with Crippen molar-refractivity contribution >= 4 is 9.84 Å². The van der Waals surface area contributed by atoms with Gasteiger partial charge in [-0.15, -0.1) is 0 Å². The lowest BCUT2D eigenvalue weighted by Gasteiger charge is -2.33. The van der Waals surface area contributed by atoms with Crippen molar-refractivity contribution in [2.45, 2.75) is 44.8 Å². The molecule has 0 bridgehead atoms. The van der Waals surface area contributed by atoms with Gasteiger partial charge in [0.05, 0.1) is 19.0 Å². The lowest BCUT2D eigenvalue weighted by atomic mass is 9.92. The number of ether oxygens (including phenoxy) is 2. The highest BCUT2D eigenvalue weighted by Gasteiger charge is 2.23. The topological polar surface area (TPSA) is 79.3 Å². The van der Waals surface area contributed by atoms with Gasteiger partial charge < -0.3 is 24.4 Å². The van der Waals surface area contributed by atoms with E-state index < -0.39 is 16.1 Å². The van der Waals surface area contributed by atoms with Gasteiger partial charge in [-0.05, 0) is 70.0 Å². The second-order valence-corrected chi connectivity index (χ2v) is 10.8. The van der Waals surface area contributed by atoms with Crippen LogP contribution in [0.15, 0.2) is 0 Å². The number of aliphatic hydroxyl groups is 1. The molecule has 2 atom stereocenters. The summed E-state index contributed by atoms with van der Waals surface area (Å²) >= 11 is 0. The number of likely N-dealkylation sites (tertiary alicyclic amines) is 2. The van der Waals surface area contributed by atoms with E-state index in [9.17, 15) is 13.5 Å². The molecule has 0 radical (unpaired) electrons. The molecule has 0 aromatic carbocycles. The predicted octanol–water partition coefficient (Wildman–Crippen LogP) is 1.22. The van der Waals surface area contributed by atoms with Gasteiger partial charge in [0.15, 0.2) is 6.29 Å². The molecule has 8 heteroatoms. The van der Waals surface area contributed by atoms with Gasteiger partial charge in [-0.25, -0.2) is 8.42 Å². The zero-order valence-electron chi connectivity index (χ0n) is 17.7. The van der Waals surface area contributed by atoms with Crippen LogP contribution < -0.4 is 0 Å². The molecule has 28 heavy (non-hydrogen) atoms. The highest BCUT2D eigenvalue weighted by Crippen LogP contribution is 2.23. The summed E-state index contributed by atoms with van der Waals surface area (Å²) in [6, 6.07) is 0. The van der Waals surface area contributed by atoms with E-state index in [2.05, 4.69) is 9.80 Å². The smallest absolute Gasteiger partial charge is 0.154 e. The van der Waals surface area contributed by atoms with E-state index in [1.807, 2.05) is 0 Å². The molecule has 2 unspecified atom stereocenters. The lowest BCUT2D eigenvalue weighted by Crippen LogP contribution is -2.40. The number of hydrogen-bond acceptors (Lipinski definition) is 7. The fraction of sp³-hybridized carbons (Fsp3) is 1.00. The van der Waals surface area contributed by atoms with Crippen molar-refractivity contribution in [3.63, 3.8) is 0 Å². The van der Waals surface area contributed by atoms with E-state index in [-0.39, 0.29) is 5.75 Å². The van der Waals surface area contributed by atoms with Crippen LogP contribution in [0, 0.1) is 11.8 Å². The quantitative estimate of drug-likeness (QED) is 0.476. The van der Waals surface area contributed by atoms with E-state index >= 15 is 0 Å². The highest BCUT2D eigenvalue weighted by molar-refractivity contribution is 7.90. The first-order valence-electron chi connectivity index (χ1n) is 10.8. The van der Waals surface area contributed by atoms with Crippen LogP contribution in [0.4, 0.5) is 0 Å². The number of nitrogens with zero attached hydrogens (tertiary/aromatic N) is 2. The van der Waals surface area contributed by atoms with Crippen molar-refractivity contribution in [2.24, 2.45) is 11.8 Å². The molecule has 7 nitrogen and oxygen atoms in total. The number of piperidine rings is 2. The summed E-state index contributed by atoms with van der Waals surface area (Å²) in [5.74, 6) is 1.28. The second-order valence-electron chi connectivity index (χ2n) is 8.58. The Morgan fingerprint density at radius 3 is 2.50 bits per heavy atom. The van der Waals surface area contributed by atoms with Crippen LogP contribution >= 0.6 is 0 Å². The lowest BCUT2D eigenvalue weighted by molar-refractivity contribution is -0.120. The third-order valence-electron chi connectivity index (χ3n) is 6.05. The highest BCUT2D eigenvalue weighted by atomic mass is 32.2. The van der Waals surface area contributed by atoms with Crippen LogP contribution in [0.5, 0.6) is 0 Å². The average Bonchev–Trinajstić information content (AvgIpc) is 2.68. The molecule has 166 valence electrons. The molecule has 0 aromatic heterocycles. The van der Waals surface area contributed by atoms with Gasteiger partial charge in [0.1, 0.15) is 9.84 Å². The number of aliphatic hydroxyl groups excluding tert-OH is 1. The molecular formula is C20H40N2O5S. The van der Waals surface area contributed by atoms with E-state index in [0.29, 0.717) is 31.4 Å². The summed E-state index contributed by atoms with van der Waals surface area (Å²) in [5.41, 5.74) is 0. The van der Waals surface area contributed by atoms with E-state index in [1.165, 1.54) is 19.1 Å². The first-order valence-corrected chi connectivity index (χ1v) is 12.8. The molecule has 0 spiro atoms. The Hall–Kier alpha value is -0.250. The van der Waals surface area contributed by atoms with E-state index in [1.54, 1.807) is 7.11 Å². The average molecular weight is 421 g/mol. The fourth-order valence-corrected chi connectivity index (χ4v) is 4.80. The molecule has 2 saturated heterocycles. The van der Waals surface area contributed by atoms with Crippen molar-refractivity contribution in [2.75, 3.05) is 71.6 Å². The van der Waals surface area contributed by atoms with Gasteiger partial charge in [-0.2, -0.15) is 0 Å². The van der Waals surface area contributed by atoms with E-state index in [0.717, 1.165) is 58.6 Å². The van der Waals surface area contributed by atoms with Gasteiger partial charge >= 0.3 is 0 Å². The van der Waals surface area contributed by atoms with E-state index in [4.69, 9.17) is 9.47 Å². The Kier molecular flexibility index (Phi) is 10.7. The summed E-state index contributed by atoms with van der Waals surface area (Å²) in [6.45, 7) is 7.03. The molecule has 0 amide bonds. The van der Waals surface area contributed by atoms with Crippen molar-refractivity contribution in [3.8, 4) is 0 Å². The van der Waals surface area contributed by atoms with Gasteiger partial charge in [-0.1, -0.05) is 0 Å². The van der Waals surface area contributed by atoms with Gasteiger partial charge in [0.2, 0.25) is 0 Å². The molecule has 2 heterocycles. The Labute approximate surface area is 171 Å². The van der Waals surface area contributed by atoms with Crippen LogP contribution in [-0.4, -0.2) is 101 Å². The second kappa shape index (κ2) is 12.4. The van der Waals surface area contributed by atoms with Gasteiger partial charge in [0.25, 0.3) is 0 Å². The summed E-state index contributed by atoms with van der Waals surface area (Å²) in [7, 11) is -1.17. The minimum atomic E-state index is -2.92. The van der Waals surface area contributed by atoms with Gasteiger partial charge in [-0.3, -0.25) is 0 Å². The largest absolute Gasteiger partial charge is 0.383 e. The summed E-state index contributed by atoms with van der Waals surface area (Å²) < 4.78 is 33.6. The molecule has 2 fully saturated rings. The van der Waals surface area contributed by atoms with Crippen molar-refractivity contribution in [1.29, 1.82) is 0 Å². The van der Waals surface area contributed by atoms with Crippen LogP contribution in [0.25, 0.3) is 0 Å². The van der Waals surface area contributed by atoms with Crippen LogP contribution in [-0.2, 0) is 19.3 Å². The molecule has 0 aromatic rings. The number of hydrogen-bond donors (Lipinski definition) is 1. The van der Waals surface area contributed by atoms with Crippen molar-refractivity contribution in [3.05, 3.63) is 0 Å². The minimum absolute atomic E-state index is 0.216. The van der Waals surface area contributed by atoms with Crippen LogP contribution in [0.2, 0.25) is 0 Å². The zero-order chi connectivity index (χ0) is 20.4. The molecule has 2 aliphatic heterocycles. The molecule has 0 aliphatic carbocycles. The number of rotatable bonds is 12. The third kappa shape index (κ3) is 9.98. The Morgan fingerprint density at radius 2 is 1.82 bits per heavy atom. The fourth-order valence-electron chi connectivity index (χ4n) is 4.21.